The van der Waals surface area contributed by atoms with Crippen LogP contribution >= 0.6 is 22.6 Å². The van der Waals surface area contributed by atoms with Gasteiger partial charge in [0.25, 0.3) is 0 Å². The second-order valence-electron chi connectivity index (χ2n) is 5.17. The maximum atomic E-state index is 12.9. The standard InChI is InChI=1S/C17H19FIN/c1-12(11-14-3-7-16(18)8-4-14)20-13(2)15-5-9-17(19)10-6-15/h3-10,12-13,20H,11H2,1-2H3. The average Bonchev–Trinajstić information content (AvgIpc) is 2.42. The molecule has 2 aromatic rings. The fourth-order valence-corrected chi connectivity index (χ4v) is 2.67. The molecule has 0 amide bonds. The predicted octanol–water partition coefficient (Wildman–Crippen LogP) is 4.71. The Morgan fingerprint density at radius 1 is 1.00 bits per heavy atom. The van der Waals surface area contributed by atoms with Gasteiger partial charge in [-0.2, -0.15) is 0 Å². The lowest BCUT2D eigenvalue weighted by Gasteiger charge is -2.20. The summed E-state index contributed by atoms with van der Waals surface area (Å²) in [6.45, 7) is 4.33. The molecule has 2 unspecified atom stereocenters. The molecule has 0 saturated heterocycles. The third-order valence-corrected chi connectivity index (χ3v) is 4.08. The zero-order valence-electron chi connectivity index (χ0n) is 11.7. The van der Waals surface area contributed by atoms with E-state index in [1.165, 1.54) is 21.3 Å². The summed E-state index contributed by atoms with van der Waals surface area (Å²) in [6, 6.07) is 15.9. The molecule has 0 spiro atoms. The largest absolute Gasteiger partial charge is 0.307 e. The Labute approximate surface area is 133 Å². The third-order valence-electron chi connectivity index (χ3n) is 3.36. The first-order valence-electron chi connectivity index (χ1n) is 6.80. The number of halogens is 2. The van der Waals surface area contributed by atoms with E-state index >= 15 is 0 Å². The number of benzene rings is 2. The van der Waals surface area contributed by atoms with Gasteiger partial charge in [-0.05, 0) is 78.3 Å². The van der Waals surface area contributed by atoms with Crippen LogP contribution in [0.3, 0.4) is 0 Å². The van der Waals surface area contributed by atoms with Crippen molar-refractivity contribution in [2.45, 2.75) is 32.4 Å². The Hall–Kier alpha value is -0.940. The Morgan fingerprint density at radius 2 is 1.60 bits per heavy atom. The average molecular weight is 383 g/mol. The van der Waals surface area contributed by atoms with Crippen molar-refractivity contribution < 1.29 is 4.39 Å². The first kappa shape index (κ1) is 15.4. The molecule has 20 heavy (non-hydrogen) atoms. The van der Waals surface area contributed by atoms with Crippen LogP contribution in [0.15, 0.2) is 48.5 Å². The molecular formula is C17H19FIN. The van der Waals surface area contributed by atoms with Crippen molar-refractivity contribution >= 4 is 22.6 Å². The number of rotatable bonds is 5. The van der Waals surface area contributed by atoms with Crippen molar-refractivity contribution in [2.75, 3.05) is 0 Å². The molecule has 106 valence electrons. The van der Waals surface area contributed by atoms with E-state index in [2.05, 4.69) is 66.0 Å². The Balaban J connectivity index is 1.92. The summed E-state index contributed by atoms with van der Waals surface area (Å²) in [6.07, 6.45) is 0.898. The van der Waals surface area contributed by atoms with Crippen LogP contribution in [0, 0.1) is 9.39 Å². The van der Waals surface area contributed by atoms with Gasteiger partial charge in [0.05, 0.1) is 0 Å². The first-order valence-corrected chi connectivity index (χ1v) is 7.88. The highest BCUT2D eigenvalue weighted by Gasteiger charge is 2.10. The van der Waals surface area contributed by atoms with Gasteiger partial charge in [-0.1, -0.05) is 24.3 Å². The van der Waals surface area contributed by atoms with Gasteiger partial charge >= 0.3 is 0 Å². The topological polar surface area (TPSA) is 12.0 Å². The van der Waals surface area contributed by atoms with E-state index < -0.39 is 0 Å². The normalized spacial score (nSPS) is 14.0. The summed E-state index contributed by atoms with van der Waals surface area (Å²) in [5.41, 5.74) is 2.44. The number of nitrogens with one attached hydrogen (secondary N) is 1. The maximum absolute atomic E-state index is 12.9. The molecule has 0 fully saturated rings. The van der Waals surface area contributed by atoms with Gasteiger partial charge in [-0.15, -0.1) is 0 Å². The molecule has 0 aliphatic heterocycles. The minimum absolute atomic E-state index is 0.179. The molecule has 2 aromatic carbocycles. The highest BCUT2D eigenvalue weighted by molar-refractivity contribution is 14.1. The van der Waals surface area contributed by atoms with E-state index in [4.69, 9.17) is 0 Å². The maximum Gasteiger partial charge on any atom is 0.123 e. The molecule has 0 bridgehead atoms. The molecule has 0 aromatic heterocycles. The molecule has 0 radical (unpaired) electrons. The molecule has 2 atom stereocenters. The summed E-state index contributed by atoms with van der Waals surface area (Å²) < 4.78 is 14.1. The molecule has 1 nitrogen and oxygen atoms in total. The molecule has 0 saturated carbocycles. The van der Waals surface area contributed by atoms with E-state index in [1.807, 2.05) is 12.1 Å². The molecule has 1 N–H and O–H groups in total. The molecule has 3 heteroatoms. The van der Waals surface area contributed by atoms with E-state index in [-0.39, 0.29) is 5.82 Å². The Kier molecular flexibility index (Phi) is 5.54. The van der Waals surface area contributed by atoms with Crippen LogP contribution in [-0.4, -0.2) is 6.04 Å². The van der Waals surface area contributed by atoms with Crippen LogP contribution in [0.5, 0.6) is 0 Å². The fraction of sp³-hybridized carbons (Fsp3) is 0.294. The lowest BCUT2D eigenvalue weighted by atomic mass is 10.0. The number of hydrogen-bond acceptors (Lipinski definition) is 1. The van der Waals surface area contributed by atoms with E-state index in [0.717, 1.165) is 12.0 Å². The SMILES string of the molecule is CC(Cc1ccc(F)cc1)NC(C)c1ccc(I)cc1. The van der Waals surface area contributed by atoms with Crippen molar-refractivity contribution in [3.8, 4) is 0 Å². The molecular weight excluding hydrogens is 364 g/mol. The summed E-state index contributed by atoms with van der Waals surface area (Å²) in [5.74, 6) is -0.179. The minimum Gasteiger partial charge on any atom is -0.307 e. The van der Waals surface area contributed by atoms with Gasteiger partial charge in [0.1, 0.15) is 5.82 Å². The lowest BCUT2D eigenvalue weighted by molar-refractivity contribution is 0.477. The first-order chi connectivity index (χ1) is 9.54. The van der Waals surface area contributed by atoms with E-state index in [1.54, 1.807) is 0 Å². The number of hydrogen-bond donors (Lipinski definition) is 1. The van der Waals surface area contributed by atoms with Crippen molar-refractivity contribution in [2.24, 2.45) is 0 Å². The van der Waals surface area contributed by atoms with E-state index in [9.17, 15) is 4.39 Å². The summed E-state index contributed by atoms with van der Waals surface area (Å²) >= 11 is 2.31. The van der Waals surface area contributed by atoms with Gasteiger partial charge in [0.2, 0.25) is 0 Å². The fourth-order valence-electron chi connectivity index (χ4n) is 2.31. The van der Waals surface area contributed by atoms with Crippen molar-refractivity contribution in [3.63, 3.8) is 0 Å². The van der Waals surface area contributed by atoms with Crippen LogP contribution in [0.2, 0.25) is 0 Å². The molecule has 0 aliphatic rings. The zero-order valence-corrected chi connectivity index (χ0v) is 13.9. The van der Waals surface area contributed by atoms with Crippen molar-refractivity contribution in [1.29, 1.82) is 0 Å². The van der Waals surface area contributed by atoms with Gasteiger partial charge in [-0.3, -0.25) is 0 Å². The van der Waals surface area contributed by atoms with Crippen molar-refractivity contribution in [3.05, 3.63) is 69.0 Å². The van der Waals surface area contributed by atoms with Crippen molar-refractivity contribution in [1.82, 2.24) is 5.32 Å². The zero-order chi connectivity index (χ0) is 14.5. The van der Waals surface area contributed by atoms with Gasteiger partial charge in [-0.25, -0.2) is 4.39 Å². The highest BCUT2D eigenvalue weighted by Crippen LogP contribution is 2.16. The monoisotopic (exact) mass is 383 g/mol. The second kappa shape index (κ2) is 7.18. The lowest BCUT2D eigenvalue weighted by Crippen LogP contribution is -2.30. The van der Waals surface area contributed by atoms with Gasteiger partial charge in [0, 0.05) is 15.7 Å². The van der Waals surface area contributed by atoms with Crippen LogP contribution in [0.25, 0.3) is 0 Å². The minimum atomic E-state index is -0.179. The van der Waals surface area contributed by atoms with E-state index in [0.29, 0.717) is 12.1 Å². The third kappa shape index (κ3) is 4.56. The predicted molar refractivity (Wildman–Crippen MR) is 90.3 cm³/mol. The summed E-state index contributed by atoms with van der Waals surface area (Å²) in [4.78, 5) is 0. The quantitative estimate of drug-likeness (QED) is 0.738. The Bertz CT molecular complexity index is 536. The van der Waals surface area contributed by atoms with Crippen LogP contribution in [0.1, 0.15) is 31.0 Å². The van der Waals surface area contributed by atoms with Crippen LogP contribution in [-0.2, 0) is 6.42 Å². The second-order valence-corrected chi connectivity index (χ2v) is 6.42. The van der Waals surface area contributed by atoms with Crippen LogP contribution in [0.4, 0.5) is 4.39 Å². The van der Waals surface area contributed by atoms with Crippen LogP contribution < -0.4 is 5.32 Å². The smallest absolute Gasteiger partial charge is 0.123 e. The Morgan fingerprint density at radius 3 is 2.20 bits per heavy atom. The molecule has 0 aliphatic carbocycles. The highest BCUT2D eigenvalue weighted by atomic mass is 127. The van der Waals surface area contributed by atoms with Gasteiger partial charge in [0.15, 0.2) is 0 Å². The summed E-state index contributed by atoms with van der Waals surface area (Å²) in [5, 5.41) is 3.58. The summed E-state index contributed by atoms with van der Waals surface area (Å²) in [7, 11) is 0. The van der Waals surface area contributed by atoms with Gasteiger partial charge < -0.3 is 5.32 Å². The molecule has 2 rings (SSSR count). The molecule has 0 heterocycles.